The summed E-state index contributed by atoms with van der Waals surface area (Å²) in [7, 11) is 0. The van der Waals surface area contributed by atoms with Crippen LogP contribution in [0.1, 0.15) is 18.4 Å². The molecule has 0 atom stereocenters. The number of hydrogen-bond acceptors (Lipinski definition) is 7. The van der Waals surface area contributed by atoms with Gasteiger partial charge < -0.3 is 14.5 Å². The summed E-state index contributed by atoms with van der Waals surface area (Å²) in [5, 5.41) is 7.65. The fourth-order valence-electron chi connectivity index (χ4n) is 6.08. The van der Waals surface area contributed by atoms with Crippen LogP contribution in [0.2, 0.25) is 0 Å². The van der Waals surface area contributed by atoms with Crippen LogP contribution in [0.25, 0.3) is 56.0 Å². The molecule has 10 heteroatoms. The van der Waals surface area contributed by atoms with Crippen molar-refractivity contribution in [3.8, 4) is 45.4 Å². The average Bonchev–Trinajstić information content (AvgIpc) is 3.87. The summed E-state index contributed by atoms with van der Waals surface area (Å²) in [4.78, 5) is 20.1. The predicted octanol–water partition coefficient (Wildman–Crippen LogP) is 7.42. The topological polar surface area (TPSA) is 105 Å². The molecule has 47 heavy (non-hydrogen) atoms. The van der Waals surface area contributed by atoms with Gasteiger partial charge in [-0.25, -0.2) is 14.4 Å². The van der Waals surface area contributed by atoms with Crippen molar-refractivity contribution < 1.29 is 13.9 Å². The number of para-hydroxylation sites is 1. The van der Waals surface area contributed by atoms with E-state index in [4.69, 9.17) is 19.4 Å². The number of hydrogen-bond donors (Lipinski definition) is 2. The molecular weight excluding hydrogens is 593 g/mol. The van der Waals surface area contributed by atoms with Gasteiger partial charge in [0.25, 0.3) is 0 Å². The van der Waals surface area contributed by atoms with Gasteiger partial charge in [-0.05, 0) is 73.5 Å². The number of benzene rings is 3. The number of H-pyrrole nitrogens is 2. The smallest absolute Gasteiger partial charge is 0.161 e. The van der Waals surface area contributed by atoms with Crippen molar-refractivity contribution in [3.63, 3.8) is 0 Å². The molecule has 0 bridgehead atoms. The largest absolute Gasteiger partial charge is 0.492 e. The molecule has 234 valence electrons. The third-order valence-electron chi connectivity index (χ3n) is 8.46. The lowest BCUT2D eigenvalue weighted by atomic mass is 10.0. The van der Waals surface area contributed by atoms with Gasteiger partial charge in [-0.2, -0.15) is 5.10 Å². The lowest BCUT2D eigenvalue weighted by Crippen LogP contribution is -2.25. The van der Waals surface area contributed by atoms with E-state index in [0.29, 0.717) is 52.8 Å². The van der Waals surface area contributed by atoms with E-state index >= 15 is 0 Å². The monoisotopic (exact) mass is 625 g/mol. The molecule has 7 aromatic rings. The number of nitrogens with zero attached hydrogens (tertiary/aromatic N) is 5. The first-order valence-electron chi connectivity index (χ1n) is 15.8. The predicted molar refractivity (Wildman–Crippen MR) is 180 cm³/mol. The first kappa shape index (κ1) is 28.8. The van der Waals surface area contributed by atoms with E-state index in [1.807, 2.05) is 72.8 Å². The molecule has 0 spiro atoms. The molecule has 0 unspecified atom stereocenters. The van der Waals surface area contributed by atoms with Crippen LogP contribution in [0.5, 0.6) is 11.5 Å². The molecular formula is C37H32FN7O2. The van der Waals surface area contributed by atoms with Crippen LogP contribution in [0, 0.1) is 5.82 Å². The highest BCUT2D eigenvalue weighted by atomic mass is 19.1. The van der Waals surface area contributed by atoms with Crippen molar-refractivity contribution in [1.82, 2.24) is 35.0 Å². The number of aromatic nitrogens is 6. The van der Waals surface area contributed by atoms with Gasteiger partial charge in [-0.1, -0.05) is 42.5 Å². The number of rotatable bonds is 10. The zero-order valence-electron chi connectivity index (χ0n) is 25.6. The summed E-state index contributed by atoms with van der Waals surface area (Å²) in [6.07, 6.45) is 5.91. The van der Waals surface area contributed by atoms with Gasteiger partial charge in [0.2, 0.25) is 0 Å². The lowest BCUT2D eigenvalue weighted by molar-refractivity contribution is 0.237. The van der Waals surface area contributed by atoms with E-state index in [9.17, 15) is 4.39 Å². The molecule has 5 heterocycles. The Morgan fingerprint density at radius 2 is 1.64 bits per heavy atom. The van der Waals surface area contributed by atoms with Crippen molar-refractivity contribution in [2.24, 2.45) is 0 Å². The summed E-state index contributed by atoms with van der Waals surface area (Å²) in [6, 6.07) is 26.4. The summed E-state index contributed by atoms with van der Waals surface area (Å²) >= 11 is 0. The zero-order valence-corrected chi connectivity index (χ0v) is 25.6. The molecule has 0 aliphatic carbocycles. The van der Waals surface area contributed by atoms with Crippen LogP contribution >= 0.6 is 0 Å². The Hall–Kier alpha value is -5.61. The number of ether oxygens (including phenoxy) is 2. The third-order valence-corrected chi connectivity index (χ3v) is 8.46. The Morgan fingerprint density at radius 3 is 2.53 bits per heavy atom. The Labute approximate surface area is 270 Å². The van der Waals surface area contributed by atoms with Gasteiger partial charge >= 0.3 is 0 Å². The van der Waals surface area contributed by atoms with Crippen molar-refractivity contribution in [3.05, 3.63) is 109 Å². The second-order valence-corrected chi connectivity index (χ2v) is 11.7. The number of pyridine rings is 2. The van der Waals surface area contributed by atoms with Crippen LogP contribution in [0.3, 0.4) is 0 Å². The Bertz CT molecular complexity index is 2170. The molecule has 3 aromatic carbocycles. The van der Waals surface area contributed by atoms with Gasteiger partial charge in [0.1, 0.15) is 36.0 Å². The first-order valence-corrected chi connectivity index (χ1v) is 15.8. The zero-order chi connectivity index (χ0) is 31.6. The van der Waals surface area contributed by atoms with Crippen molar-refractivity contribution >= 4 is 22.1 Å². The molecule has 0 radical (unpaired) electrons. The molecule has 1 saturated heterocycles. The molecule has 1 aliphatic rings. The van der Waals surface area contributed by atoms with Crippen LogP contribution < -0.4 is 9.47 Å². The van der Waals surface area contributed by atoms with Gasteiger partial charge in [0.05, 0.1) is 28.4 Å². The number of aromatic amines is 2. The van der Waals surface area contributed by atoms with E-state index < -0.39 is 0 Å². The minimum Gasteiger partial charge on any atom is -0.492 e. The standard InChI is InChI=1S/C37H32FN7O2/c38-27-17-25(18-28(20-27)46-16-15-45-13-4-5-14-45)30-9-6-10-32-34(30)42-37(41-32)36-35-33(43-44-36)12-11-31(40-35)26-19-29(22-39-21-26)47-23-24-7-2-1-3-8-24/h1-3,6-12,17-22H,4-5,13-16,23H2,(H,41,42)(H,43,44). The van der Waals surface area contributed by atoms with Gasteiger partial charge in [-0.3, -0.25) is 15.0 Å². The van der Waals surface area contributed by atoms with E-state index in [2.05, 4.69) is 25.1 Å². The summed E-state index contributed by atoms with van der Waals surface area (Å²) in [5.41, 5.74) is 7.64. The number of likely N-dealkylation sites (tertiary alicyclic amines) is 1. The fourth-order valence-corrected chi connectivity index (χ4v) is 6.08. The maximum atomic E-state index is 14.8. The Morgan fingerprint density at radius 1 is 0.766 bits per heavy atom. The van der Waals surface area contributed by atoms with E-state index in [-0.39, 0.29) is 5.82 Å². The van der Waals surface area contributed by atoms with Crippen molar-refractivity contribution in [1.29, 1.82) is 0 Å². The molecule has 8 rings (SSSR count). The summed E-state index contributed by atoms with van der Waals surface area (Å²) in [6.45, 7) is 3.99. The minimum atomic E-state index is -0.356. The summed E-state index contributed by atoms with van der Waals surface area (Å²) < 4.78 is 26.8. The highest BCUT2D eigenvalue weighted by molar-refractivity contribution is 5.96. The van der Waals surface area contributed by atoms with Crippen LogP contribution in [-0.4, -0.2) is 61.3 Å². The molecule has 1 aliphatic heterocycles. The molecule has 9 nitrogen and oxygen atoms in total. The first-order chi connectivity index (χ1) is 23.2. The highest BCUT2D eigenvalue weighted by Gasteiger charge is 2.18. The van der Waals surface area contributed by atoms with Crippen LogP contribution in [0.15, 0.2) is 97.3 Å². The number of nitrogens with one attached hydrogen (secondary N) is 2. The normalized spacial score (nSPS) is 13.5. The van der Waals surface area contributed by atoms with Crippen LogP contribution in [0.4, 0.5) is 4.39 Å². The number of imidazole rings is 1. The van der Waals surface area contributed by atoms with E-state index in [0.717, 1.165) is 53.1 Å². The second-order valence-electron chi connectivity index (χ2n) is 11.7. The van der Waals surface area contributed by atoms with Crippen LogP contribution in [-0.2, 0) is 6.61 Å². The van der Waals surface area contributed by atoms with Gasteiger partial charge in [0, 0.05) is 29.9 Å². The molecule has 2 N–H and O–H groups in total. The lowest BCUT2D eigenvalue weighted by Gasteiger charge is -2.15. The van der Waals surface area contributed by atoms with Crippen molar-refractivity contribution in [2.45, 2.75) is 19.4 Å². The molecule has 0 amide bonds. The summed E-state index contributed by atoms with van der Waals surface area (Å²) in [5.74, 6) is 1.36. The Kier molecular flexibility index (Phi) is 7.76. The quantitative estimate of drug-likeness (QED) is 0.163. The highest BCUT2D eigenvalue weighted by Crippen LogP contribution is 2.34. The molecule has 1 fully saturated rings. The maximum absolute atomic E-state index is 14.8. The number of halogens is 1. The van der Waals surface area contributed by atoms with Gasteiger partial charge in [-0.15, -0.1) is 0 Å². The molecule has 4 aromatic heterocycles. The van der Waals surface area contributed by atoms with E-state index in [1.165, 1.54) is 25.0 Å². The van der Waals surface area contributed by atoms with E-state index in [1.54, 1.807) is 12.4 Å². The Balaban J connectivity index is 1.08. The SMILES string of the molecule is Fc1cc(OCCN2CCCC2)cc(-c2cccc3[nH]c(-c4n[nH]c5ccc(-c6cncc(OCc7ccccc7)c6)nc45)nc23)c1. The fraction of sp³-hybridized carbons (Fsp3) is 0.189. The second kappa shape index (κ2) is 12.6. The minimum absolute atomic E-state index is 0.356. The third kappa shape index (κ3) is 6.15. The van der Waals surface area contributed by atoms with Gasteiger partial charge in [0.15, 0.2) is 11.5 Å². The number of fused-ring (bicyclic) bond motifs is 2. The van der Waals surface area contributed by atoms with Crippen molar-refractivity contribution in [2.75, 3.05) is 26.2 Å². The maximum Gasteiger partial charge on any atom is 0.161 e. The molecule has 0 saturated carbocycles. The average molecular weight is 626 g/mol.